The van der Waals surface area contributed by atoms with Crippen molar-refractivity contribution in [2.75, 3.05) is 7.11 Å². The molecule has 0 fully saturated rings. The topological polar surface area (TPSA) is 58.6 Å². The minimum atomic E-state index is -5.22. The third-order valence-electron chi connectivity index (χ3n) is 3.86. The molecular formula is C17H23F4O4Si-. The second kappa shape index (κ2) is 7.19. The fourth-order valence-corrected chi connectivity index (χ4v) is 4.23. The Balaban J connectivity index is 3.56. The lowest BCUT2D eigenvalue weighted by Crippen LogP contribution is -2.65. The molecule has 1 aromatic carbocycles. The van der Waals surface area contributed by atoms with E-state index in [2.05, 4.69) is 0 Å². The van der Waals surface area contributed by atoms with Crippen molar-refractivity contribution in [1.82, 2.24) is 0 Å². The number of carbonyl (C=O) groups is 1. The van der Waals surface area contributed by atoms with Crippen LogP contribution >= 0.6 is 0 Å². The van der Waals surface area contributed by atoms with Crippen LogP contribution in [0.1, 0.15) is 25.8 Å². The van der Waals surface area contributed by atoms with E-state index in [4.69, 9.17) is 9.16 Å². The lowest BCUT2D eigenvalue weighted by molar-refractivity contribution is -0.353. The first-order valence-electron chi connectivity index (χ1n) is 7.89. The van der Waals surface area contributed by atoms with Crippen molar-refractivity contribution in [3.8, 4) is 5.75 Å². The molecule has 0 aliphatic rings. The zero-order valence-electron chi connectivity index (χ0n) is 15.6. The summed E-state index contributed by atoms with van der Waals surface area (Å²) in [5, 5.41) is 11.6. The maximum absolute atomic E-state index is 14.0. The highest BCUT2D eigenvalue weighted by Gasteiger charge is 2.61. The van der Waals surface area contributed by atoms with E-state index in [1.807, 2.05) is 0 Å². The summed E-state index contributed by atoms with van der Waals surface area (Å²) >= 11 is 0. The zero-order valence-corrected chi connectivity index (χ0v) is 16.6. The van der Waals surface area contributed by atoms with Crippen LogP contribution in [-0.2, 0) is 14.6 Å². The monoisotopic (exact) mass is 395 g/mol. The highest BCUT2D eigenvalue weighted by Crippen LogP contribution is 2.46. The van der Waals surface area contributed by atoms with E-state index in [1.165, 1.54) is 52.7 Å². The number of carbonyl (C=O) groups excluding carboxylic acids is 1. The second-order valence-corrected chi connectivity index (χ2v) is 12.1. The summed E-state index contributed by atoms with van der Waals surface area (Å²) in [5.74, 6) is -3.36. The molecule has 0 amide bonds. The summed E-state index contributed by atoms with van der Waals surface area (Å²) in [6.07, 6.45) is -6.21. The number of ether oxygens (including phenoxy) is 1. The quantitative estimate of drug-likeness (QED) is 0.524. The first kappa shape index (κ1) is 22.4. The van der Waals surface area contributed by atoms with Crippen LogP contribution in [0.2, 0.25) is 19.6 Å². The van der Waals surface area contributed by atoms with Crippen molar-refractivity contribution < 1.29 is 36.6 Å². The number of hydrogen-bond donors (Lipinski definition) is 0. The molecule has 0 bridgehead atoms. The van der Waals surface area contributed by atoms with E-state index in [1.54, 1.807) is 0 Å². The van der Waals surface area contributed by atoms with Crippen molar-refractivity contribution in [3.63, 3.8) is 0 Å². The Morgan fingerprint density at radius 1 is 1.19 bits per heavy atom. The van der Waals surface area contributed by atoms with Gasteiger partial charge in [0, 0.05) is 5.56 Å². The third kappa shape index (κ3) is 4.56. The van der Waals surface area contributed by atoms with E-state index in [0.29, 0.717) is 0 Å². The number of methoxy groups -OCH3 is 1. The van der Waals surface area contributed by atoms with Crippen LogP contribution in [0.4, 0.5) is 17.6 Å². The van der Waals surface area contributed by atoms with Crippen LogP contribution in [0.25, 0.3) is 0 Å². The fourth-order valence-electron chi connectivity index (χ4n) is 2.91. The van der Waals surface area contributed by atoms with Gasteiger partial charge in [0.2, 0.25) is 0 Å². The van der Waals surface area contributed by atoms with E-state index >= 15 is 0 Å². The number of carboxylic acid groups (broad SMARTS) is 1. The lowest BCUT2D eigenvalue weighted by atomic mass is 9.74. The summed E-state index contributed by atoms with van der Waals surface area (Å²) in [4.78, 5) is 11.6. The first-order valence-corrected chi connectivity index (χ1v) is 11.3. The van der Waals surface area contributed by atoms with Crippen molar-refractivity contribution in [3.05, 3.63) is 29.6 Å². The molecule has 0 N–H and O–H groups in total. The number of hydrogen-bond acceptors (Lipinski definition) is 4. The average molecular weight is 395 g/mol. The predicted molar refractivity (Wildman–Crippen MR) is 88.8 cm³/mol. The molecule has 0 aliphatic heterocycles. The number of benzene rings is 1. The SMILES string of the molecule is COc1c(F)cccc1C(C)(C)CC(O[Si](C)(C)C)(C(=O)[O-])C(F)(F)F. The molecule has 26 heavy (non-hydrogen) atoms. The Labute approximate surface area is 151 Å². The van der Waals surface area contributed by atoms with Gasteiger partial charge in [0.25, 0.3) is 0 Å². The van der Waals surface area contributed by atoms with Gasteiger partial charge in [-0.15, -0.1) is 0 Å². The standard InChI is InChI=1S/C17H24F4O4Si/c1-15(2,11-8-7-9-12(18)13(11)24-3)10-16(14(22)23,17(19,20)21)25-26(4,5)6/h7-9H,10H2,1-6H3,(H,22,23)/p-1. The number of halogens is 4. The molecule has 0 aliphatic carbocycles. The molecular weight excluding hydrogens is 372 g/mol. The Kier molecular flexibility index (Phi) is 6.20. The van der Waals surface area contributed by atoms with Crippen LogP contribution in [0.15, 0.2) is 18.2 Å². The molecule has 0 heterocycles. The number of carboxylic acids is 1. The van der Waals surface area contributed by atoms with Crippen molar-refractivity contribution in [2.45, 2.75) is 57.1 Å². The molecule has 1 atom stereocenters. The van der Waals surface area contributed by atoms with Crippen molar-refractivity contribution in [2.24, 2.45) is 0 Å². The Bertz CT molecular complexity index is 668. The normalized spacial score (nSPS) is 15.5. The molecule has 0 saturated carbocycles. The number of alkyl halides is 3. The summed E-state index contributed by atoms with van der Waals surface area (Å²) < 4.78 is 65.6. The van der Waals surface area contributed by atoms with Crippen LogP contribution in [0, 0.1) is 5.82 Å². The number of aliphatic carboxylic acids is 1. The highest BCUT2D eigenvalue weighted by atomic mass is 28.4. The van der Waals surface area contributed by atoms with Gasteiger partial charge in [-0.25, -0.2) is 4.39 Å². The largest absolute Gasteiger partial charge is 0.547 e. The molecule has 4 nitrogen and oxygen atoms in total. The van der Waals surface area contributed by atoms with Gasteiger partial charge in [-0.3, -0.25) is 0 Å². The molecule has 0 aromatic heterocycles. The van der Waals surface area contributed by atoms with Gasteiger partial charge in [0.05, 0.1) is 13.1 Å². The Morgan fingerprint density at radius 3 is 2.12 bits per heavy atom. The molecule has 1 rings (SSSR count). The van der Waals surface area contributed by atoms with Gasteiger partial charge in [0.15, 0.2) is 25.5 Å². The highest BCUT2D eigenvalue weighted by molar-refractivity contribution is 6.70. The summed E-state index contributed by atoms with van der Waals surface area (Å²) in [6, 6.07) is 3.82. The summed E-state index contributed by atoms with van der Waals surface area (Å²) in [5.41, 5.74) is -4.85. The Morgan fingerprint density at radius 2 is 1.73 bits per heavy atom. The Hall–Kier alpha value is -1.61. The minimum absolute atomic E-state index is 0.106. The smallest absolute Gasteiger partial charge is 0.421 e. The van der Waals surface area contributed by atoms with E-state index in [0.717, 1.165) is 6.07 Å². The van der Waals surface area contributed by atoms with Gasteiger partial charge in [-0.2, -0.15) is 13.2 Å². The number of para-hydroxylation sites is 1. The van der Waals surface area contributed by atoms with Crippen LogP contribution < -0.4 is 9.84 Å². The maximum Gasteiger partial charge on any atom is 0.421 e. The van der Waals surface area contributed by atoms with Crippen LogP contribution in [0.3, 0.4) is 0 Å². The predicted octanol–water partition coefficient (Wildman–Crippen LogP) is 3.40. The third-order valence-corrected chi connectivity index (χ3v) is 4.82. The van der Waals surface area contributed by atoms with E-state index in [9.17, 15) is 27.5 Å². The molecule has 1 unspecified atom stereocenters. The molecule has 0 radical (unpaired) electrons. The minimum Gasteiger partial charge on any atom is -0.547 e. The van der Waals surface area contributed by atoms with E-state index in [-0.39, 0.29) is 11.3 Å². The van der Waals surface area contributed by atoms with E-state index < -0.39 is 43.7 Å². The van der Waals surface area contributed by atoms with Gasteiger partial charge >= 0.3 is 6.18 Å². The van der Waals surface area contributed by atoms with Crippen molar-refractivity contribution in [1.29, 1.82) is 0 Å². The molecule has 148 valence electrons. The summed E-state index contributed by atoms with van der Waals surface area (Å²) in [7, 11) is -1.76. The first-order chi connectivity index (χ1) is 11.6. The van der Waals surface area contributed by atoms with Gasteiger partial charge in [-0.1, -0.05) is 26.0 Å². The molecule has 0 spiro atoms. The molecule has 1 aromatic rings. The average Bonchev–Trinajstić information content (AvgIpc) is 2.43. The van der Waals surface area contributed by atoms with Crippen LogP contribution in [-0.4, -0.2) is 33.2 Å². The van der Waals surface area contributed by atoms with Gasteiger partial charge in [0.1, 0.15) is 0 Å². The molecule has 9 heteroatoms. The van der Waals surface area contributed by atoms with Crippen molar-refractivity contribution >= 4 is 14.3 Å². The lowest BCUT2D eigenvalue weighted by Gasteiger charge is -2.45. The summed E-state index contributed by atoms with van der Waals surface area (Å²) in [6.45, 7) is 7.10. The van der Waals surface area contributed by atoms with Gasteiger partial charge in [-0.05, 0) is 37.5 Å². The fraction of sp³-hybridized carbons (Fsp3) is 0.588. The zero-order chi connectivity index (χ0) is 20.6. The second-order valence-electron chi connectivity index (χ2n) is 7.71. The maximum atomic E-state index is 14.0. The van der Waals surface area contributed by atoms with Gasteiger partial charge < -0.3 is 19.1 Å². The molecule has 0 saturated heterocycles. The van der Waals surface area contributed by atoms with Crippen LogP contribution in [0.5, 0.6) is 5.75 Å². The number of rotatable bonds is 7.